The molecular weight excluding hydrogens is 318 g/mol. The fourth-order valence-corrected chi connectivity index (χ4v) is 3.10. The predicted molar refractivity (Wildman–Crippen MR) is 98.9 cm³/mol. The fraction of sp³-hybridized carbons (Fsp3) is 0.579. The monoisotopic (exact) mass is 347 g/mol. The number of amides is 2. The number of nitrogens with one attached hydrogen (secondary N) is 2. The normalized spacial score (nSPS) is 17.8. The van der Waals surface area contributed by atoms with E-state index in [1.54, 1.807) is 31.2 Å². The minimum Gasteiger partial charge on any atom is -0.450 e. The van der Waals surface area contributed by atoms with Gasteiger partial charge in [0.15, 0.2) is 0 Å². The first-order valence-corrected chi connectivity index (χ1v) is 9.16. The molecule has 0 saturated carbocycles. The highest BCUT2D eigenvalue weighted by molar-refractivity contribution is 5.96. The maximum absolute atomic E-state index is 12.3. The molecule has 6 heteroatoms. The van der Waals surface area contributed by atoms with Crippen LogP contribution in [0.4, 0.5) is 10.5 Å². The van der Waals surface area contributed by atoms with Crippen LogP contribution in [0.1, 0.15) is 49.9 Å². The maximum Gasteiger partial charge on any atom is 0.411 e. The molecule has 1 saturated heterocycles. The van der Waals surface area contributed by atoms with Crippen LogP contribution in [0.2, 0.25) is 0 Å². The highest BCUT2D eigenvalue weighted by Crippen LogP contribution is 2.16. The van der Waals surface area contributed by atoms with Gasteiger partial charge < -0.3 is 15.0 Å². The standard InChI is InChI=1S/C19H29N3O3/c1-3-25-19(24)21-17-10-6-9-16(14-17)18(23)20-11-7-13-22-12-5-4-8-15(22)2/h6,9-10,14-15H,3-5,7-8,11-13H2,1-2H3,(H,20,23)(H,21,24). The topological polar surface area (TPSA) is 70.7 Å². The highest BCUT2D eigenvalue weighted by atomic mass is 16.5. The molecule has 25 heavy (non-hydrogen) atoms. The summed E-state index contributed by atoms with van der Waals surface area (Å²) >= 11 is 0. The third-order valence-corrected chi connectivity index (χ3v) is 4.49. The predicted octanol–water partition coefficient (Wildman–Crippen LogP) is 3.25. The van der Waals surface area contributed by atoms with E-state index in [4.69, 9.17) is 4.74 Å². The second kappa shape index (κ2) is 10.0. The van der Waals surface area contributed by atoms with E-state index in [1.807, 2.05) is 0 Å². The molecular formula is C19H29N3O3. The SMILES string of the molecule is CCOC(=O)Nc1cccc(C(=O)NCCCN2CCCCC2C)c1. The smallest absolute Gasteiger partial charge is 0.411 e. The van der Waals surface area contributed by atoms with Crippen LogP contribution < -0.4 is 10.6 Å². The van der Waals surface area contributed by atoms with Crippen molar-refractivity contribution >= 4 is 17.7 Å². The zero-order valence-corrected chi connectivity index (χ0v) is 15.2. The number of rotatable bonds is 7. The summed E-state index contributed by atoms with van der Waals surface area (Å²) in [5.74, 6) is -0.126. The number of hydrogen-bond donors (Lipinski definition) is 2. The van der Waals surface area contributed by atoms with E-state index in [-0.39, 0.29) is 5.91 Å². The molecule has 1 unspecified atom stereocenters. The molecule has 1 atom stereocenters. The van der Waals surface area contributed by atoms with Crippen molar-refractivity contribution in [2.24, 2.45) is 0 Å². The first kappa shape index (κ1) is 19.2. The Morgan fingerprint density at radius 3 is 2.92 bits per heavy atom. The first-order chi connectivity index (χ1) is 12.1. The number of nitrogens with zero attached hydrogens (tertiary/aromatic N) is 1. The van der Waals surface area contributed by atoms with Gasteiger partial charge >= 0.3 is 6.09 Å². The Labute approximate surface area is 149 Å². The Hall–Kier alpha value is -2.08. The number of carbonyl (C=O) groups excluding carboxylic acids is 2. The number of likely N-dealkylation sites (tertiary alicyclic amines) is 1. The Morgan fingerprint density at radius 1 is 1.32 bits per heavy atom. The summed E-state index contributed by atoms with van der Waals surface area (Å²) in [5, 5.41) is 5.55. The molecule has 2 rings (SSSR count). The third kappa shape index (κ3) is 6.38. The van der Waals surface area contributed by atoms with E-state index in [9.17, 15) is 9.59 Å². The molecule has 1 heterocycles. The Bertz CT molecular complexity index is 577. The third-order valence-electron chi connectivity index (χ3n) is 4.49. The largest absolute Gasteiger partial charge is 0.450 e. The van der Waals surface area contributed by atoms with Gasteiger partial charge in [-0.2, -0.15) is 0 Å². The molecule has 0 aliphatic carbocycles. The Kier molecular flexibility index (Phi) is 7.73. The molecule has 1 aliphatic rings. The van der Waals surface area contributed by atoms with Crippen molar-refractivity contribution in [1.82, 2.24) is 10.2 Å². The van der Waals surface area contributed by atoms with Crippen LogP contribution in [0.15, 0.2) is 24.3 Å². The minimum atomic E-state index is -0.518. The minimum absolute atomic E-state index is 0.126. The van der Waals surface area contributed by atoms with Gasteiger partial charge in [-0.25, -0.2) is 4.79 Å². The number of ether oxygens (including phenoxy) is 1. The molecule has 1 aliphatic heterocycles. The van der Waals surface area contributed by atoms with Crippen molar-refractivity contribution in [2.45, 2.75) is 45.6 Å². The van der Waals surface area contributed by atoms with Gasteiger partial charge in [-0.15, -0.1) is 0 Å². The number of benzene rings is 1. The zero-order chi connectivity index (χ0) is 18.1. The van der Waals surface area contributed by atoms with E-state index >= 15 is 0 Å². The average molecular weight is 347 g/mol. The van der Waals surface area contributed by atoms with Gasteiger partial charge in [-0.3, -0.25) is 10.1 Å². The van der Waals surface area contributed by atoms with Crippen molar-refractivity contribution in [3.05, 3.63) is 29.8 Å². The number of anilines is 1. The quantitative estimate of drug-likeness (QED) is 0.743. The van der Waals surface area contributed by atoms with Crippen LogP contribution in [0.5, 0.6) is 0 Å². The Balaban J connectivity index is 1.75. The molecule has 2 N–H and O–H groups in total. The zero-order valence-electron chi connectivity index (χ0n) is 15.2. The number of piperidine rings is 1. The lowest BCUT2D eigenvalue weighted by molar-refractivity contribution is 0.0948. The molecule has 0 radical (unpaired) electrons. The summed E-state index contributed by atoms with van der Waals surface area (Å²) in [6, 6.07) is 7.50. The van der Waals surface area contributed by atoms with Crippen LogP contribution in [-0.4, -0.2) is 49.2 Å². The lowest BCUT2D eigenvalue weighted by Gasteiger charge is -2.33. The van der Waals surface area contributed by atoms with Crippen LogP contribution in [0.3, 0.4) is 0 Å². The van der Waals surface area contributed by atoms with Crippen LogP contribution in [-0.2, 0) is 4.74 Å². The molecule has 0 spiro atoms. The molecule has 1 aromatic rings. The highest BCUT2D eigenvalue weighted by Gasteiger charge is 2.17. The summed E-state index contributed by atoms with van der Waals surface area (Å²) in [5.41, 5.74) is 1.08. The molecule has 0 aromatic heterocycles. The molecule has 0 bridgehead atoms. The summed E-state index contributed by atoms with van der Waals surface area (Å²) in [4.78, 5) is 26.2. The van der Waals surface area contributed by atoms with E-state index in [0.717, 1.165) is 19.5 Å². The average Bonchev–Trinajstić information content (AvgIpc) is 2.60. The lowest BCUT2D eigenvalue weighted by Crippen LogP contribution is -2.39. The molecule has 2 amide bonds. The van der Waals surface area contributed by atoms with Gasteiger partial charge in [0.2, 0.25) is 0 Å². The van der Waals surface area contributed by atoms with E-state index < -0.39 is 6.09 Å². The second-order valence-electron chi connectivity index (χ2n) is 6.42. The van der Waals surface area contributed by atoms with Gasteiger partial charge in [0.25, 0.3) is 5.91 Å². The van der Waals surface area contributed by atoms with Crippen LogP contribution in [0, 0.1) is 0 Å². The molecule has 1 aromatic carbocycles. The van der Waals surface area contributed by atoms with Crippen molar-refractivity contribution in [3.8, 4) is 0 Å². The molecule has 1 fully saturated rings. The maximum atomic E-state index is 12.3. The molecule has 138 valence electrons. The fourth-order valence-electron chi connectivity index (χ4n) is 3.10. The summed E-state index contributed by atoms with van der Waals surface area (Å²) in [6.07, 6.45) is 4.29. The number of carbonyl (C=O) groups is 2. The van der Waals surface area contributed by atoms with E-state index in [2.05, 4.69) is 22.5 Å². The van der Waals surface area contributed by atoms with Crippen molar-refractivity contribution in [2.75, 3.05) is 31.6 Å². The second-order valence-corrected chi connectivity index (χ2v) is 6.42. The van der Waals surface area contributed by atoms with Gasteiger partial charge in [-0.05, 0) is 57.9 Å². The van der Waals surface area contributed by atoms with Gasteiger partial charge in [0.1, 0.15) is 0 Å². The van der Waals surface area contributed by atoms with Crippen molar-refractivity contribution < 1.29 is 14.3 Å². The summed E-state index contributed by atoms with van der Waals surface area (Å²) < 4.78 is 4.84. The van der Waals surface area contributed by atoms with E-state index in [0.29, 0.717) is 30.4 Å². The summed E-state index contributed by atoms with van der Waals surface area (Å²) in [7, 11) is 0. The lowest BCUT2D eigenvalue weighted by atomic mass is 10.0. The van der Waals surface area contributed by atoms with Gasteiger partial charge in [0.05, 0.1) is 6.61 Å². The van der Waals surface area contributed by atoms with E-state index in [1.165, 1.54) is 19.3 Å². The van der Waals surface area contributed by atoms with Crippen molar-refractivity contribution in [3.63, 3.8) is 0 Å². The number of hydrogen-bond acceptors (Lipinski definition) is 4. The van der Waals surface area contributed by atoms with Crippen LogP contribution in [0.25, 0.3) is 0 Å². The van der Waals surface area contributed by atoms with Crippen LogP contribution >= 0.6 is 0 Å². The Morgan fingerprint density at radius 2 is 2.16 bits per heavy atom. The summed E-state index contributed by atoms with van der Waals surface area (Å²) in [6.45, 7) is 7.16. The molecule has 6 nitrogen and oxygen atoms in total. The van der Waals surface area contributed by atoms with Gasteiger partial charge in [-0.1, -0.05) is 12.5 Å². The van der Waals surface area contributed by atoms with Crippen molar-refractivity contribution in [1.29, 1.82) is 0 Å². The van der Waals surface area contributed by atoms with Gasteiger partial charge in [0, 0.05) is 30.4 Å². The first-order valence-electron chi connectivity index (χ1n) is 9.16.